The number of hydrogen-bond acceptors (Lipinski definition) is 3. The highest BCUT2D eigenvalue weighted by atomic mass is 16.5. The van der Waals surface area contributed by atoms with Crippen molar-refractivity contribution >= 4 is 6.03 Å². The van der Waals surface area contributed by atoms with E-state index in [4.69, 9.17) is 4.74 Å². The summed E-state index contributed by atoms with van der Waals surface area (Å²) in [6, 6.07) is 0.601. The van der Waals surface area contributed by atoms with Crippen molar-refractivity contribution in [1.29, 1.82) is 0 Å². The van der Waals surface area contributed by atoms with E-state index in [1.807, 2.05) is 6.92 Å². The Bertz CT molecular complexity index is 325. The highest BCUT2D eigenvalue weighted by Gasteiger charge is 2.36. The number of carbonyl (C=O) groups excluding carboxylic acids is 1. The summed E-state index contributed by atoms with van der Waals surface area (Å²) in [4.78, 5) is 16.9. The van der Waals surface area contributed by atoms with Gasteiger partial charge >= 0.3 is 6.03 Å². The Balaban J connectivity index is 1.71. The maximum Gasteiger partial charge on any atom is 0.317 e. The highest BCUT2D eigenvalue weighted by molar-refractivity contribution is 5.74. The largest absolute Gasteiger partial charge is 0.382 e. The summed E-state index contributed by atoms with van der Waals surface area (Å²) in [6.45, 7) is 7.53. The predicted molar refractivity (Wildman–Crippen MR) is 84.5 cm³/mol. The molecule has 0 bridgehead atoms. The van der Waals surface area contributed by atoms with Crippen LogP contribution in [-0.2, 0) is 4.74 Å². The Morgan fingerprint density at radius 2 is 2.14 bits per heavy atom. The second-order valence-electron chi connectivity index (χ2n) is 6.35. The number of carbonyl (C=O) groups is 1. The number of ether oxygens (including phenoxy) is 1. The molecular formula is C16H31N3O2. The summed E-state index contributed by atoms with van der Waals surface area (Å²) in [7, 11) is 2.19. The van der Waals surface area contributed by atoms with Gasteiger partial charge < -0.3 is 19.9 Å². The SMILES string of the molecule is CCOCCCCNC(=O)N1CCC[C@@H]2CN(C)CC[C@H]21. The molecule has 2 heterocycles. The highest BCUT2D eigenvalue weighted by Crippen LogP contribution is 2.29. The van der Waals surface area contributed by atoms with Gasteiger partial charge in [0.1, 0.15) is 0 Å². The third kappa shape index (κ3) is 4.85. The zero-order chi connectivity index (χ0) is 15.1. The van der Waals surface area contributed by atoms with E-state index >= 15 is 0 Å². The van der Waals surface area contributed by atoms with Crippen LogP contribution in [-0.4, -0.2) is 68.3 Å². The molecule has 2 fully saturated rings. The van der Waals surface area contributed by atoms with Crippen molar-refractivity contribution in [3.05, 3.63) is 0 Å². The third-order valence-electron chi connectivity index (χ3n) is 4.73. The number of likely N-dealkylation sites (tertiary alicyclic amines) is 2. The number of fused-ring (bicyclic) bond motifs is 1. The van der Waals surface area contributed by atoms with Crippen molar-refractivity contribution in [3.8, 4) is 0 Å². The molecule has 21 heavy (non-hydrogen) atoms. The lowest BCUT2D eigenvalue weighted by atomic mass is 9.84. The molecule has 0 saturated carbocycles. The molecule has 0 aromatic rings. The average molecular weight is 297 g/mol. The Morgan fingerprint density at radius 3 is 2.95 bits per heavy atom. The molecular weight excluding hydrogens is 266 g/mol. The van der Waals surface area contributed by atoms with Gasteiger partial charge in [-0.25, -0.2) is 4.79 Å². The Labute approximate surface area is 129 Å². The first-order valence-corrected chi connectivity index (χ1v) is 8.53. The zero-order valence-electron chi connectivity index (χ0n) is 13.6. The van der Waals surface area contributed by atoms with Crippen LogP contribution in [0, 0.1) is 5.92 Å². The van der Waals surface area contributed by atoms with E-state index in [-0.39, 0.29) is 6.03 Å². The van der Waals surface area contributed by atoms with Gasteiger partial charge in [0.05, 0.1) is 0 Å². The lowest BCUT2D eigenvalue weighted by Crippen LogP contribution is -2.57. The van der Waals surface area contributed by atoms with E-state index in [2.05, 4.69) is 22.2 Å². The zero-order valence-corrected chi connectivity index (χ0v) is 13.6. The van der Waals surface area contributed by atoms with Gasteiger partial charge in [0.25, 0.3) is 0 Å². The average Bonchev–Trinajstić information content (AvgIpc) is 2.49. The summed E-state index contributed by atoms with van der Waals surface area (Å²) in [5, 5.41) is 3.09. The minimum Gasteiger partial charge on any atom is -0.382 e. The number of unbranched alkanes of at least 4 members (excludes halogenated alkanes) is 1. The van der Waals surface area contributed by atoms with Crippen LogP contribution in [0.15, 0.2) is 0 Å². The van der Waals surface area contributed by atoms with Gasteiger partial charge in [-0.05, 0) is 58.5 Å². The molecule has 0 aliphatic carbocycles. The molecule has 5 heteroatoms. The molecule has 1 N–H and O–H groups in total. The van der Waals surface area contributed by atoms with Gasteiger partial charge in [0.15, 0.2) is 0 Å². The Kier molecular flexibility index (Phi) is 6.77. The van der Waals surface area contributed by atoms with E-state index in [1.165, 1.54) is 6.42 Å². The first-order valence-electron chi connectivity index (χ1n) is 8.53. The van der Waals surface area contributed by atoms with Gasteiger partial charge in [0.2, 0.25) is 0 Å². The fourth-order valence-corrected chi connectivity index (χ4v) is 3.61. The monoisotopic (exact) mass is 297 g/mol. The van der Waals surface area contributed by atoms with Crippen molar-refractivity contribution in [2.45, 2.75) is 45.1 Å². The van der Waals surface area contributed by atoms with E-state index in [0.717, 1.165) is 65.1 Å². The summed E-state index contributed by atoms with van der Waals surface area (Å²) >= 11 is 0. The summed E-state index contributed by atoms with van der Waals surface area (Å²) < 4.78 is 5.31. The van der Waals surface area contributed by atoms with Crippen LogP contribution in [0.5, 0.6) is 0 Å². The van der Waals surface area contributed by atoms with Gasteiger partial charge in [-0.2, -0.15) is 0 Å². The van der Waals surface area contributed by atoms with Crippen molar-refractivity contribution in [2.24, 2.45) is 5.92 Å². The summed E-state index contributed by atoms with van der Waals surface area (Å²) in [5.41, 5.74) is 0. The smallest absolute Gasteiger partial charge is 0.317 e. The number of nitrogens with zero attached hydrogens (tertiary/aromatic N) is 2. The fraction of sp³-hybridized carbons (Fsp3) is 0.938. The molecule has 2 aliphatic rings. The molecule has 0 aromatic heterocycles. The van der Waals surface area contributed by atoms with Gasteiger partial charge in [-0.1, -0.05) is 0 Å². The van der Waals surface area contributed by atoms with Crippen LogP contribution in [0.4, 0.5) is 4.79 Å². The molecule has 2 aliphatic heterocycles. The fourth-order valence-electron chi connectivity index (χ4n) is 3.61. The van der Waals surface area contributed by atoms with Crippen molar-refractivity contribution in [1.82, 2.24) is 15.1 Å². The van der Waals surface area contributed by atoms with E-state index in [9.17, 15) is 4.79 Å². The van der Waals surface area contributed by atoms with E-state index in [0.29, 0.717) is 12.0 Å². The predicted octanol–water partition coefficient (Wildman–Crippen LogP) is 1.93. The summed E-state index contributed by atoms with van der Waals surface area (Å²) in [5.74, 6) is 0.668. The molecule has 5 nitrogen and oxygen atoms in total. The Morgan fingerprint density at radius 1 is 1.29 bits per heavy atom. The van der Waals surface area contributed by atoms with Gasteiger partial charge in [-0.15, -0.1) is 0 Å². The minimum absolute atomic E-state index is 0.144. The molecule has 0 spiro atoms. The molecule has 2 amide bonds. The van der Waals surface area contributed by atoms with Crippen molar-refractivity contribution in [2.75, 3.05) is 46.4 Å². The van der Waals surface area contributed by atoms with E-state index in [1.54, 1.807) is 0 Å². The normalized spacial score (nSPS) is 26.5. The summed E-state index contributed by atoms with van der Waals surface area (Å²) in [6.07, 6.45) is 5.56. The van der Waals surface area contributed by atoms with Crippen LogP contribution in [0.3, 0.4) is 0 Å². The maximum absolute atomic E-state index is 12.4. The number of amides is 2. The number of piperidine rings is 2. The standard InChI is InChI=1S/C16H31N3O2/c1-3-21-12-5-4-9-17-16(20)19-10-6-7-14-13-18(2)11-8-15(14)19/h14-15H,3-13H2,1-2H3,(H,17,20)/t14-,15-/m1/s1. The van der Waals surface area contributed by atoms with E-state index < -0.39 is 0 Å². The van der Waals surface area contributed by atoms with Crippen LogP contribution in [0.25, 0.3) is 0 Å². The van der Waals surface area contributed by atoms with Gasteiger partial charge in [-0.3, -0.25) is 0 Å². The lowest BCUT2D eigenvalue weighted by molar-refractivity contribution is 0.0533. The van der Waals surface area contributed by atoms with Crippen LogP contribution >= 0.6 is 0 Å². The van der Waals surface area contributed by atoms with Crippen LogP contribution in [0.1, 0.15) is 39.0 Å². The molecule has 0 radical (unpaired) electrons. The molecule has 2 rings (SSSR count). The number of rotatable bonds is 6. The first-order chi connectivity index (χ1) is 10.2. The second-order valence-corrected chi connectivity index (χ2v) is 6.35. The topological polar surface area (TPSA) is 44.8 Å². The molecule has 2 saturated heterocycles. The third-order valence-corrected chi connectivity index (χ3v) is 4.73. The quantitative estimate of drug-likeness (QED) is 0.762. The number of hydrogen-bond donors (Lipinski definition) is 1. The number of nitrogens with one attached hydrogen (secondary N) is 1. The van der Waals surface area contributed by atoms with Crippen LogP contribution < -0.4 is 5.32 Å². The Hall–Kier alpha value is -0.810. The van der Waals surface area contributed by atoms with Crippen LogP contribution in [0.2, 0.25) is 0 Å². The minimum atomic E-state index is 0.144. The lowest BCUT2D eigenvalue weighted by Gasteiger charge is -2.46. The molecule has 0 aromatic carbocycles. The van der Waals surface area contributed by atoms with Gasteiger partial charge in [0, 0.05) is 38.9 Å². The molecule has 0 unspecified atom stereocenters. The maximum atomic E-state index is 12.4. The molecule has 2 atom stereocenters. The molecule has 122 valence electrons. The van der Waals surface area contributed by atoms with Crippen molar-refractivity contribution in [3.63, 3.8) is 0 Å². The van der Waals surface area contributed by atoms with Crippen molar-refractivity contribution < 1.29 is 9.53 Å². The number of urea groups is 1. The second kappa shape index (κ2) is 8.59. The first kappa shape index (κ1) is 16.6.